The molecule has 0 bridgehead atoms. The minimum Gasteiger partial charge on any atom is -0.459 e. The molecule has 490 valence electrons. The molecule has 2 aliphatic heterocycles. The maximum absolute atomic E-state index is 14.2. The lowest BCUT2D eigenvalue weighted by Gasteiger charge is -2.49. The third-order valence-electron chi connectivity index (χ3n) is 17.4. The van der Waals surface area contributed by atoms with Crippen molar-refractivity contribution in [2.24, 2.45) is 0 Å². The Morgan fingerprint density at radius 1 is 0.471 bits per heavy atom. The number of ether oxygens (including phenoxy) is 8. The summed E-state index contributed by atoms with van der Waals surface area (Å²) in [5, 5.41) is 3.23. The Morgan fingerprint density at radius 3 is 1.31 bits per heavy atom. The van der Waals surface area contributed by atoms with Crippen molar-refractivity contribution in [2.75, 3.05) is 13.2 Å². The van der Waals surface area contributed by atoms with Crippen molar-refractivity contribution in [3.05, 3.63) is 108 Å². The molecule has 0 radical (unpaired) electrons. The summed E-state index contributed by atoms with van der Waals surface area (Å²) in [5.74, 6) is -1.24. The van der Waals surface area contributed by atoms with Gasteiger partial charge in [-0.1, -0.05) is 317 Å². The van der Waals surface area contributed by atoms with Crippen LogP contribution >= 0.6 is 0 Å². The average Bonchev–Trinajstić information content (AvgIpc) is 1.32. The van der Waals surface area contributed by atoms with Crippen molar-refractivity contribution in [1.29, 1.82) is 0 Å². The Bertz CT molecular complexity index is 2150. The van der Waals surface area contributed by atoms with Crippen LogP contribution in [0.1, 0.15) is 288 Å². The molecule has 0 aromatic heterocycles. The molecule has 1 amide bonds. The molecule has 3 aromatic carbocycles. The van der Waals surface area contributed by atoms with Crippen molar-refractivity contribution in [3.8, 4) is 0 Å². The molecular weight excluding hydrogens is 1090 g/mol. The minimum atomic E-state index is -1.06. The summed E-state index contributed by atoms with van der Waals surface area (Å²) < 4.78 is 52.8. The molecule has 12 nitrogen and oxygen atoms in total. The summed E-state index contributed by atoms with van der Waals surface area (Å²) in [4.78, 5) is 40.4. The fraction of sp³-hybridized carbons (Fsp3) is 0.720. The third kappa shape index (κ3) is 32.4. The number of hydrogen-bond acceptors (Lipinski definition) is 11. The Balaban J connectivity index is 1.20. The normalized spacial score (nSPS) is 19.4. The molecular formula is C75H119NO11. The zero-order valence-corrected chi connectivity index (χ0v) is 54.8. The molecule has 2 heterocycles. The molecule has 2 saturated heterocycles. The monoisotopic (exact) mass is 1210 g/mol. The van der Waals surface area contributed by atoms with E-state index >= 15 is 0 Å². The number of carbonyl (C=O) groups is 3. The summed E-state index contributed by atoms with van der Waals surface area (Å²) in [7, 11) is 0. The van der Waals surface area contributed by atoms with Gasteiger partial charge in [0.1, 0.15) is 30.5 Å². The smallest absolute Gasteiger partial charge is 0.303 e. The Hall–Kier alpha value is -4.17. The average molecular weight is 1210 g/mol. The molecule has 1 N–H and O–H groups in total. The van der Waals surface area contributed by atoms with E-state index in [1.54, 1.807) is 0 Å². The molecule has 5 rings (SSSR count). The highest BCUT2D eigenvalue weighted by atomic mass is 16.8. The number of esters is 2. The maximum atomic E-state index is 14.2. The fourth-order valence-corrected chi connectivity index (χ4v) is 12.4. The first-order valence-corrected chi connectivity index (χ1v) is 35.3. The van der Waals surface area contributed by atoms with E-state index in [1.807, 2.05) is 91.0 Å². The van der Waals surface area contributed by atoms with E-state index in [-0.39, 0.29) is 32.3 Å². The van der Waals surface area contributed by atoms with Gasteiger partial charge in [-0.2, -0.15) is 0 Å². The molecule has 9 atom stereocenters. The van der Waals surface area contributed by atoms with Gasteiger partial charge in [0.2, 0.25) is 5.91 Å². The zero-order valence-electron chi connectivity index (χ0n) is 54.8. The van der Waals surface area contributed by atoms with Crippen LogP contribution in [0, 0.1) is 0 Å². The summed E-state index contributed by atoms with van der Waals surface area (Å²) in [6, 6.07) is 28.8. The van der Waals surface area contributed by atoms with E-state index < -0.39 is 67.2 Å². The Kier molecular flexibility index (Phi) is 40.4. The number of unbranched alkanes of at least 4 members (excludes halogenated alkanes) is 33. The molecule has 0 saturated carbocycles. The van der Waals surface area contributed by atoms with Gasteiger partial charge in [0.05, 0.1) is 32.5 Å². The SMILES string of the molecule is CCCCCCCCCCCCCCCCCCCCCCCCCC(=O)N[C@@H](CO[C@H]1O[C@@H]2COC(c3ccccc3)O[C@@H]2[C@H](OCc2ccccc2)[C@H]1OCc1ccccc1)[C@H](OC(C)=O)[C@@H](CCCCCCCCCCCCCC)OC(C)=O. The van der Waals surface area contributed by atoms with Crippen molar-refractivity contribution in [3.63, 3.8) is 0 Å². The topological polar surface area (TPSA) is 137 Å². The molecule has 12 heteroatoms. The molecule has 0 spiro atoms. The molecule has 0 aliphatic carbocycles. The predicted molar refractivity (Wildman–Crippen MR) is 350 cm³/mol. The number of fused-ring (bicyclic) bond motifs is 1. The lowest BCUT2D eigenvalue weighted by atomic mass is 9.96. The fourth-order valence-electron chi connectivity index (χ4n) is 12.4. The van der Waals surface area contributed by atoms with Gasteiger partial charge in [-0.15, -0.1) is 0 Å². The van der Waals surface area contributed by atoms with E-state index in [2.05, 4.69) is 19.2 Å². The maximum Gasteiger partial charge on any atom is 0.303 e. The van der Waals surface area contributed by atoms with Crippen LogP contribution in [0.25, 0.3) is 0 Å². The van der Waals surface area contributed by atoms with Crippen LogP contribution in [0.3, 0.4) is 0 Å². The lowest BCUT2D eigenvalue weighted by Crippen LogP contribution is -2.64. The van der Waals surface area contributed by atoms with E-state index in [1.165, 1.54) is 187 Å². The van der Waals surface area contributed by atoms with Gasteiger partial charge in [0, 0.05) is 25.8 Å². The van der Waals surface area contributed by atoms with E-state index in [9.17, 15) is 14.4 Å². The Labute approximate surface area is 527 Å². The lowest BCUT2D eigenvalue weighted by molar-refractivity contribution is -0.373. The molecule has 2 aliphatic rings. The molecule has 87 heavy (non-hydrogen) atoms. The van der Waals surface area contributed by atoms with Crippen LogP contribution in [0.5, 0.6) is 0 Å². The summed E-state index contributed by atoms with van der Waals surface area (Å²) >= 11 is 0. The predicted octanol–water partition coefficient (Wildman–Crippen LogP) is 18.8. The van der Waals surface area contributed by atoms with Crippen molar-refractivity contribution >= 4 is 17.8 Å². The second kappa shape index (κ2) is 47.7. The standard InChI is InChI=1S/C75H119NO11/c1-5-7-9-11-13-15-17-19-20-21-22-23-24-25-26-27-28-29-31-33-35-37-48-56-69(79)76-66(70(85-62(4)78)67(84-61(3)77)55-47-36-34-32-30-18-16-14-12-10-8-6-2)59-82-75-73(81-58-64-51-43-39-44-52-64)72(80-57-63-49-41-38-42-50-63)71-68(86-75)60-83-74(87-71)65-53-45-40-46-54-65/h38-46,49-54,66-68,70-75H,5-37,47-48,55-60H2,1-4H3,(H,76,79)/t66-,67+,68+,70-,71-,72-,73+,74?,75-/m0/s1. The first kappa shape index (κ1) is 73.6. The third-order valence-corrected chi connectivity index (χ3v) is 17.4. The highest BCUT2D eigenvalue weighted by Gasteiger charge is 2.52. The number of benzene rings is 3. The van der Waals surface area contributed by atoms with Gasteiger partial charge in [-0.25, -0.2) is 0 Å². The highest BCUT2D eigenvalue weighted by molar-refractivity contribution is 5.76. The van der Waals surface area contributed by atoms with Gasteiger partial charge < -0.3 is 43.2 Å². The first-order valence-electron chi connectivity index (χ1n) is 35.3. The number of rotatable bonds is 52. The van der Waals surface area contributed by atoms with Crippen LogP contribution in [0.15, 0.2) is 91.0 Å². The van der Waals surface area contributed by atoms with Gasteiger partial charge in [-0.05, 0) is 30.4 Å². The van der Waals surface area contributed by atoms with Crippen molar-refractivity contribution in [1.82, 2.24) is 5.32 Å². The first-order chi connectivity index (χ1) is 42.7. The van der Waals surface area contributed by atoms with Crippen molar-refractivity contribution < 1.29 is 52.3 Å². The van der Waals surface area contributed by atoms with Crippen LogP contribution < -0.4 is 5.32 Å². The van der Waals surface area contributed by atoms with Crippen LogP contribution in [-0.2, 0) is 65.5 Å². The second-order valence-corrected chi connectivity index (χ2v) is 25.2. The van der Waals surface area contributed by atoms with Gasteiger partial charge in [-0.3, -0.25) is 14.4 Å². The number of hydrogen-bond donors (Lipinski definition) is 1. The number of nitrogens with one attached hydrogen (secondary N) is 1. The zero-order chi connectivity index (χ0) is 61.6. The van der Waals surface area contributed by atoms with E-state index in [0.29, 0.717) is 12.8 Å². The minimum absolute atomic E-state index is 0.160. The summed E-state index contributed by atoms with van der Waals surface area (Å²) in [6.45, 7) is 7.78. The van der Waals surface area contributed by atoms with Crippen LogP contribution in [-0.4, -0.2) is 80.0 Å². The highest BCUT2D eigenvalue weighted by Crippen LogP contribution is 2.38. The largest absolute Gasteiger partial charge is 0.459 e. The molecule has 3 aromatic rings. The van der Waals surface area contributed by atoms with Crippen molar-refractivity contribution in [2.45, 2.75) is 334 Å². The quantitative estimate of drug-likeness (QED) is 0.0427. The molecule has 2 fully saturated rings. The second-order valence-electron chi connectivity index (χ2n) is 25.2. The van der Waals surface area contributed by atoms with Gasteiger partial charge >= 0.3 is 11.9 Å². The van der Waals surface area contributed by atoms with Gasteiger partial charge in [0.25, 0.3) is 0 Å². The van der Waals surface area contributed by atoms with Crippen LogP contribution in [0.2, 0.25) is 0 Å². The summed E-state index contributed by atoms with van der Waals surface area (Å²) in [6.07, 6.45) is 38.4. The Morgan fingerprint density at radius 2 is 0.874 bits per heavy atom. The number of amides is 1. The molecule has 1 unspecified atom stereocenters. The summed E-state index contributed by atoms with van der Waals surface area (Å²) in [5.41, 5.74) is 2.79. The van der Waals surface area contributed by atoms with Crippen LogP contribution in [0.4, 0.5) is 0 Å². The number of carbonyl (C=O) groups excluding carboxylic acids is 3. The van der Waals surface area contributed by atoms with E-state index in [0.717, 1.165) is 68.1 Å². The van der Waals surface area contributed by atoms with E-state index in [4.69, 9.17) is 37.9 Å². The van der Waals surface area contributed by atoms with Gasteiger partial charge in [0.15, 0.2) is 18.7 Å².